The van der Waals surface area contributed by atoms with E-state index in [0.717, 1.165) is 0 Å². The van der Waals surface area contributed by atoms with Gasteiger partial charge in [0.1, 0.15) is 17.5 Å². The van der Waals surface area contributed by atoms with E-state index in [0.29, 0.717) is 5.56 Å². The Morgan fingerprint density at radius 2 is 1.96 bits per heavy atom. The van der Waals surface area contributed by atoms with Crippen LogP contribution in [0.1, 0.15) is 26.3 Å². The lowest BCUT2D eigenvalue weighted by molar-refractivity contribution is 0.0275. The molecule has 0 aromatic heterocycles. The molecule has 1 aliphatic heterocycles. The Labute approximate surface area is 152 Å². The molecule has 1 saturated heterocycles. The molecule has 0 unspecified atom stereocenters. The summed E-state index contributed by atoms with van der Waals surface area (Å²) in [6, 6.07) is 7.78. The molecule has 10 heteroatoms. The van der Waals surface area contributed by atoms with Crippen molar-refractivity contribution in [3.8, 4) is 0 Å². The van der Waals surface area contributed by atoms with Gasteiger partial charge in [-0.3, -0.25) is 4.18 Å². The van der Waals surface area contributed by atoms with E-state index in [2.05, 4.69) is 10.0 Å². The predicted molar refractivity (Wildman–Crippen MR) is 94.7 cm³/mol. The van der Waals surface area contributed by atoms with Crippen molar-refractivity contribution in [3.63, 3.8) is 0 Å². The fraction of sp³-hybridized carbons (Fsp3) is 0.562. The third-order valence-electron chi connectivity index (χ3n) is 3.55. The molecule has 2 atom stereocenters. The predicted octanol–water partition coefficient (Wildman–Crippen LogP) is 2.83. The molecule has 142 valence electrons. The van der Waals surface area contributed by atoms with Gasteiger partial charge < -0.3 is 9.64 Å². The molecule has 1 amide bonds. The Morgan fingerprint density at radius 1 is 1.31 bits per heavy atom. The molecule has 0 bridgehead atoms. The van der Waals surface area contributed by atoms with E-state index in [1.54, 1.807) is 51.1 Å². The minimum absolute atomic E-state index is 0.0322. The van der Waals surface area contributed by atoms with Gasteiger partial charge in [0, 0.05) is 11.5 Å². The molecule has 0 spiro atoms. The summed E-state index contributed by atoms with van der Waals surface area (Å²) in [5.74, 6) is -0.306. The Morgan fingerprint density at radius 3 is 2.54 bits per heavy atom. The number of azide groups is 1. The number of hydrogen-bond acceptors (Lipinski definition) is 6. The van der Waals surface area contributed by atoms with Gasteiger partial charge in [0.25, 0.3) is 10.1 Å². The first-order valence-corrected chi connectivity index (χ1v) is 9.64. The number of benzene rings is 1. The van der Waals surface area contributed by atoms with Crippen LogP contribution in [0.3, 0.4) is 0 Å². The van der Waals surface area contributed by atoms with Crippen LogP contribution in [0.15, 0.2) is 35.4 Å². The van der Waals surface area contributed by atoms with Gasteiger partial charge in [0.15, 0.2) is 0 Å². The maximum absolute atomic E-state index is 12.3. The molecule has 1 aliphatic rings. The van der Waals surface area contributed by atoms with Gasteiger partial charge >= 0.3 is 6.09 Å². The lowest BCUT2D eigenvalue weighted by Gasteiger charge is -2.24. The van der Waals surface area contributed by atoms with Crippen molar-refractivity contribution >= 4 is 16.2 Å². The Balaban J connectivity index is 2.08. The summed E-state index contributed by atoms with van der Waals surface area (Å²) >= 11 is 0. The van der Waals surface area contributed by atoms with Gasteiger partial charge in [-0.15, -0.1) is 0 Å². The fourth-order valence-corrected chi connectivity index (χ4v) is 3.74. The minimum atomic E-state index is -3.92. The maximum atomic E-state index is 12.3. The van der Waals surface area contributed by atoms with Crippen LogP contribution in [0.4, 0.5) is 4.79 Å². The van der Waals surface area contributed by atoms with Crippen molar-refractivity contribution in [2.45, 2.75) is 44.3 Å². The Kier molecular flexibility index (Phi) is 6.12. The normalized spacial score (nSPS) is 20.5. The fourth-order valence-electron chi connectivity index (χ4n) is 2.50. The number of ether oxygens (including phenoxy) is 1. The van der Waals surface area contributed by atoms with Gasteiger partial charge in [0.2, 0.25) is 0 Å². The molecule has 26 heavy (non-hydrogen) atoms. The standard InChI is InChI=1S/C16H22N4O5S/c1-16(2,3)24-15(21)20-9-13(18-19-17)14(10-20)25-26(22,23)11-12-7-5-4-6-8-12/h4-8,13-14H,9-11H2,1-3H3/t13-,14-/m1/s1. The second-order valence-electron chi connectivity index (χ2n) is 6.98. The van der Waals surface area contributed by atoms with E-state index >= 15 is 0 Å². The summed E-state index contributed by atoms with van der Waals surface area (Å²) in [6.45, 7) is 5.18. The van der Waals surface area contributed by atoms with Crippen LogP contribution in [0.2, 0.25) is 0 Å². The van der Waals surface area contributed by atoms with Crippen molar-refractivity contribution in [1.82, 2.24) is 4.90 Å². The number of likely N-dealkylation sites (tertiary alicyclic amines) is 1. The Bertz CT molecular complexity index is 785. The van der Waals surface area contributed by atoms with E-state index in [1.165, 1.54) is 4.90 Å². The first-order valence-electron chi connectivity index (χ1n) is 8.07. The summed E-state index contributed by atoms with van der Waals surface area (Å²) in [5, 5.41) is 3.57. The van der Waals surface area contributed by atoms with Crippen LogP contribution in [0, 0.1) is 0 Å². The largest absolute Gasteiger partial charge is 0.444 e. The zero-order valence-electron chi connectivity index (χ0n) is 14.9. The number of carbonyl (C=O) groups is 1. The van der Waals surface area contributed by atoms with Crippen LogP contribution in [0.25, 0.3) is 10.4 Å². The zero-order valence-corrected chi connectivity index (χ0v) is 15.7. The second-order valence-corrected chi connectivity index (χ2v) is 8.58. The second kappa shape index (κ2) is 7.94. The maximum Gasteiger partial charge on any atom is 0.410 e. The highest BCUT2D eigenvalue weighted by molar-refractivity contribution is 7.85. The highest BCUT2D eigenvalue weighted by atomic mass is 32.2. The Hall–Kier alpha value is -2.29. The van der Waals surface area contributed by atoms with Crippen molar-refractivity contribution in [3.05, 3.63) is 46.3 Å². The number of rotatable bonds is 5. The highest BCUT2D eigenvalue weighted by Gasteiger charge is 2.40. The number of carbonyl (C=O) groups excluding carboxylic acids is 1. The molecule has 2 rings (SSSR count). The van der Waals surface area contributed by atoms with Crippen LogP contribution in [0.5, 0.6) is 0 Å². The van der Waals surface area contributed by atoms with Crippen LogP contribution >= 0.6 is 0 Å². The summed E-state index contributed by atoms with van der Waals surface area (Å²) in [6.07, 6.45) is -1.56. The molecule has 0 N–H and O–H groups in total. The van der Waals surface area contributed by atoms with Crippen molar-refractivity contribution in [2.24, 2.45) is 5.11 Å². The summed E-state index contributed by atoms with van der Waals surface area (Å²) in [4.78, 5) is 16.2. The van der Waals surface area contributed by atoms with E-state index in [-0.39, 0.29) is 18.8 Å². The molecular formula is C16H22N4O5S. The van der Waals surface area contributed by atoms with E-state index in [1.807, 2.05) is 0 Å². The molecule has 1 heterocycles. The molecule has 0 aliphatic carbocycles. The lowest BCUT2D eigenvalue weighted by Crippen LogP contribution is -2.36. The average Bonchev–Trinajstić information content (AvgIpc) is 2.89. The highest BCUT2D eigenvalue weighted by Crippen LogP contribution is 2.22. The van der Waals surface area contributed by atoms with Gasteiger partial charge in [-0.2, -0.15) is 8.42 Å². The van der Waals surface area contributed by atoms with Crippen LogP contribution < -0.4 is 0 Å². The topological polar surface area (TPSA) is 122 Å². The van der Waals surface area contributed by atoms with Crippen molar-refractivity contribution < 1.29 is 22.1 Å². The van der Waals surface area contributed by atoms with Crippen molar-refractivity contribution in [1.29, 1.82) is 0 Å². The van der Waals surface area contributed by atoms with E-state index in [9.17, 15) is 13.2 Å². The summed E-state index contributed by atoms with van der Waals surface area (Å²) in [5.41, 5.74) is 8.60. The minimum Gasteiger partial charge on any atom is -0.444 e. The van der Waals surface area contributed by atoms with Crippen molar-refractivity contribution in [2.75, 3.05) is 13.1 Å². The third-order valence-corrected chi connectivity index (χ3v) is 4.77. The first-order chi connectivity index (χ1) is 12.1. The molecule has 0 saturated carbocycles. The quantitative estimate of drug-likeness (QED) is 0.335. The smallest absolute Gasteiger partial charge is 0.410 e. The number of nitrogens with zero attached hydrogens (tertiary/aromatic N) is 4. The molecule has 9 nitrogen and oxygen atoms in total. The molecule has 1 aromatic rings. The summed E-state index contributed by atoms with van der Waals surface area (Å²) < 4.78 is 35.1. The van der Waals surface area contributed by atoms with Crippen LogP contribution in [-0.4, -0.2) is 50.2 Å². The van der Waals surface area contributed by atoms with Gasteiger partial charge in [-0.1, -0.05) is 35.4 Å². The average molecular weight is 382 g/mol. The first kappa shape index (κ1) is 20.0. The van der Waals surface area contributed by atoms with Crippen LogP contribution in [-0.2, 0) is 24.8 Å². The SMILES string of the molecule is CC(C)(C)OC(=O)N1C[C@@H](N=[N+]=[N-])[C@H](OS(=O)(=O)Cc2ccccc2)C1. The zero-order chi connectivity index (χ0) is 19.4. The molecule has 0 radical (unpaired) electrons. The molecule has 1 aromatic carbocycles. The van der Waals surface area contributed by atoms with Gasteiger partial charge in [-0.05, 0) is 31.9 Å². The summed E-state index contributed by atoms with van der Waals surface area (Å²) in [7, 11) is -3.92. The van der Waals surface area contributed by atoms with E-state index < -0.39 is 34.0 Å². The molecular weight excluding hydrogens is 360 g/mol. The van der Waals surface area contributed by atoms with Gasteiger partial charge in [0.05, 0.1) is 12.6 Å². The third kappa shape index (κ3) is 5.91. The number of amides is 1. The molecule has 1 fully saturated rings. The van der Waals surface area contributed by atoms with E-state index in [4.69, 9.17) is 14.5 Å². The number of hydrogen-bond donors (Lipinski definition) is 0. The monoisotopic (exact) mass is 382 g/mol. The lowest BCUT2D eigenvalue weighted by atomic mass is 10.2. The van der Waals surface area contributed by atoms with Gasteiger partial charge in [-0.25, -0.2) is 4.79 Å².